The molecule has 0 aliphatic carbocycles. The van der Waals surface area contributed by atoms with Gasteiger partial charge in [-0.25, -0.2) is 23.4 Å². The molecule has 0 spiro atoms. The molecule has 0 amide bonds. The quantitative estimate of drug-likeness (QED) is 0.433. The van der Waals surface area contributed by atoms with E-state index in [9.17, 15) is 8.42 Å². The van der Waals surface area contributed by atoms with E-state index in [-0.39, 0.29) is 0 Å². The third-order valence-electron chi connectivity index (χ3n) is 6.59. The van der Waals surface area contributed by atoms with Gasteiger partial charge in [0.2, 0.25) is 10.0 Å². The molecule has 35 heavy (non-hydrogen) atoms. The van der Waals surface area contributed by atoms with Crippen molar-refractivity contribution < 1.29 is 13.2 Å². The predicted octanol–water partition coefficient (Wildman–Crippen LogP) is 2.15. The van der Waals surface area contributed by atoms with Gasteiger partial charge in [-0.15, -0.1) is 11.3 Å². The Labute approximate surface area is 207 Å². The Kier molecular flexibility index (Phi) is 5.93. The largest absolute Gasteiger partial charge is 0.378 e. The topological polar surface area (TPSA) is 108 Å². The number of aromatic amines is 1. The van der Waals surface area contributed by atoms with Gasteiger partial charge in [-0.2, -0.15) is 4.31 Å². The van der Waals surface area contributed by atoms with Crippen LogP contribution in [0.5, 0.6) is 0 Å². The van der Waals surface area contributed by atoms with E-state index >= 15 is 0 Å². The average Bonchev–Trinajstić information content (AvgIpc) is 3.50. The molecular weight excluding hydrogens is 486 g/mol. The molecule has 0 radical (unpaired) electrons. The molecule has 2 fully saturated rings. The number of nitrogens with zero attached hydrogens (tertiary/aromatic N) is 6. The summed E-state index contributed by atoms with van der Waals surface area (Å²) in [6.45, 7) is 6.20. The molecule has 2 saturated heterocycles. The van der Waals surface area contributed by atoms with Crippen LogP contribution in [0.25, 0.3) is 32.6 Å². The van der Waals surface area contributed by atoms with Gasteiger partial charge in [0.15, 0.2) is 11.6 Å². The summed E-state index contributed by atoms with van der Waals surface area (Å²) in [6.07, 6.45) is 2.98. The van der Waals surface area contributed by atoms with Crippen molar-refractivity contribution in [3.8, 4) is 11.4 Å². The standard InChI is InChI=1S/C23H27N7O3S2/c1-35(31,32)30-7-5-28(6-8-30)14-16-13-19-21(34-16)23(29-9-11-33-12-10-29)27-22(26-19)17-3-2-4-18-20(17)25-15-24-18/h2-4,13,15H,5-12,14H2,1H3,(H,24,25). The Hall–Kier alpha value is -2.64. The molecule has 6 rings (SSSR count). The fourth-order valence-electron chi connectivity index (χ4n) is 4.74. The van der Waals surface area contributed by atoms with Gasteiger partial charge in [0.05, 0.1) is 47.0 Å². The van der Waals surface area contributed by atoms with E-state index in [1.54, 1.807) is 22.0 Å². The lowest BCUT2D eigenvalue weighted by atomic mass is 10.1. The highest BCUT2D eigenvalue weighted by Crippen LogP contribution is 2.36. The Bertz CT molecular complexity index is 1470. The van der Waals surface area contributed by atoms with Gasteiger partial charge < -0.3 is 14.6 Å². The van der Waals surface area contributed by atoms with Gasteiger partial charge in [-0.1, -0.05) is 6.07 Å². The van der Waals surface area contributed by atoms with Crippen molar-refractivity contribution in [2.24, 2.45) is 0 Å². The monoisotopic (exact) mass is 513 g/mol. The van der Waals surface area contributed by atoms with E-state index in [2.05, 4.69) is 25.8 Å². The van der Waals surface area contributed by atoms with Crippen LogP contribution >= 0.6 is 11.3 Å². The molecule has 12 heteroatoms. The molecule has 184 valence electrons. The summed E-state index contributed by atoms with van der Waals surface area (Å²) in [4.78, 5) is 23.5. The van der Waals surface area contributed by atoms with Crippen molar-refractivity contribution in [2.45, 2.75) is 6.54 Å². The maximum absolute atomic E-state index is 11.8. The number of hydrogen-bond acceptors (Lipinski definition) is 9. The van der Waals surface area contributed by atoms with Gasteiger partial charge in [0.25, 0.3) is 0 Å². The maximum Gasteiger partial charge on any atom is 0.211 e. The number of para-hydroxylation sites is 1. The molecule has 1 aromatic carbocycles. The van der Waals surface area contributed by atoms with Crippen LogP contribution in [0.1, 0.15) is 4.88 Å². The lowest BCUT2D eigenvalue weighted by Gasteiger charge is -2.32. The van der Waals surface area contributed by atoms with E-state index in [1.165, 1.54) is 11.1 Å². The summed E-state index contributed by atoms with van der Waals surface area (Å²) in [5.41, 5.74) is 3.65. The number of sulfonamides is 1. The number of fused-ring (bicyclic) bond motifs is 2. The minimum absolute atomic E-state index is 0.528. The number of hydrogen-bond donors (Lipinski definition) is 1. The normalized spacial score (nSPS) is 18.6. The van der Waals surface area contributed by atoms with E-state index in [0.29, 0.717) is 32.1 Å². The number of aromatic nitrogens is 4. The molecule has 0 atom stereocenters. The van der Waals surface area contributed by atoms with Crippen molar-refractivity contribution in [3.05, 3.63) is 35.5 Å². The molecule has 0 bridgehead atoms. The van der Waals surface area contributed by atoms with Gasteiger partial charge in [0.1, 0.15) is 0 Å². The number of morpholine rings is 1. The number of nitrogens with one attached hydrogen (secondary N) is 1. The summed E-state index contributed by atoms with van der Waals surface area (Å²) in [5.74, 6) is 1.61. The Morgan fingerprint density at radius 2 is 1.89 bits per heavy atom. The van der Waals surface area contributed by atoms with Crippen molar-refractivity contribution in [3.63, 3.8) is 0 Å². The zero-order valence-electron chi connectivity index (χ0n) is 19.5. The second-order valence-corrected chi connectivity index (χ2v) is 12.1. The number of thiophene rings is 1. The Morgan fingerprint density at radius 1 is 1.09 bits per heavy atom. The summed E-state index contributed by atoms with van der Waals surface area (Å²) in [5, 5.41) is 0. The van der Waals surface area contributed by atoms with Crippen LogP contribution < -0.4 is 4.90 Å². The highest BCUT2D eigenvalue weighted by Gasteiger charge is 2.25. The number of rotatable bonds is 5. The second-order valence-electron chi connectivity index (χ2n) is 8.94. The van der Waals surface area contributed by atoms with E-state index in [0.717, 1.165) is 65.4 Å². The Balaban J connectivity index is 1.36. The van der Waals surface area contributed by atoms with Gasteiger partial charge in [-0.05, 0) is 18.2 Å². The minimum Gasteiger partial charge on any atom is -0.378 e. The molecule has 4 aromatic rings. The van der Waals surface area contributed by atoms with Crippen molar-refractivity contribution >= 4 is 48.4 Å². The van der Waals surface area contributed by atoms with E-state index < -0.39 is 10.0 Å². The summed E-state index contributed by atoms with van der Waals surface area (Å²) < 4.78 is 31.9. The maximum atomic E-state index is 11.8. The molecule has 5 heterocycles. The number of benzene rings is 1. The zero-order chi connectivity index (χ0) is 24.0. The van der Waals surface area contributed by atoms with Crippen molar-refractivity contribution in [1.82, 2.24) is 29.1 Å². The third kappa shape index (κ3) is 4.52. The van der Waals surface area contributed by atoms with Crippen molar-refractivity contribution in [2.75, 3.05) is 63.6 Å². The van der Waals surface area contributed by atoms with Gasteiger partial charge in [-0.3, -0.25) is 4.90 Å². The van der Waals surface area contributed by atoms with Crippen LogP contribution in [-0.4, -0.2) is 96.3 Å². The molecule has 1 N–H and O–H groups in total. The molecule has 2 aliphatic heterocycles. The molecule has 2 aliphatic rings. The average molecular weight is 514 g/mol. The smallest absolute Gasteiger partial charge is 0.211 e. The zero-order valence-corrected chi connectivity index (χ0v) is 21.1. The Morgan fingerprint density at radius 3 is 2.66 bits per heavy atom. The third-order valence-corrected chi connectivity index (χ3v) is 8.99. The minimum atomic E-state index is -3.14. The number of H-pyrrole nitrogens is 1. The number of ether oxygens (including phenoxy) is 1. The fourth-order valence-corrected chi connectivity index (χ4v) is 6.72. The van der Waals surface area contributed by atoms with Crippen LogP contribution in [0.3, 0.4) is 0 Å². The summed E-state index contributed by atoms with van der Waals surface area (Å²) >= 11 is 1.72. The first-order valence-electron chi connectivity index (χ1n) is 11.7. The first-order chi connectivity index (χ1) is 17.0. The van der Waals surface area contributed by atoms with E-state index in [4.69, 9.17) is 14.7 Å². The highest BCUT2D eigenvalue weighted by molar-refractivity contribution is 7.88. The van der Waals surface area contributed by atoms with Crippen LogP contribution in [0.4, 0.5) is 5.82 Å². The van der Waals surface area contributed by atoms with Crippen LogP contribution in [0.2, 0.25) is 0 Å². The first-order valence-corrected chi connectivity index (χ1v) is 14.4. The molecular formula is C23H27N7O3S2. The predicted molar refractivity (Wildman–Crippen MR) is 137 cm³/mol. The van der Waals surface area contributed by atoms with Gasteiger partial charge in [0, 0.05) is 56.3 Å². The van der Waals surface area contributed by atoms with Crippen LogP contribution in [0.15, 0.2) is 30.6 Å². The lowest BCUT2D eigenvalue weighted by molar-refractivity contribution is 0.122. The van der Waals surface area contributed by atoms with Crippen LogP contribution in [-0.2, 0) is 21.3 Å². The van der Waals surface area contributed by atoms with Crippen LogP contribution in [0, 0.1) is 0 Å². The SMILES string of the molecule is CS(=O)(=O)N1CCN(Cc2cc3nc(-c4cccc5[nH]cnc45)nc(N4CCOCC4)c3s2)CC1. The first kappa shape index (κ1) is 22.8. The number of anilines is 1. The molecule has 10 nitrogen and oxygen atoms in total. The summed E-state index contributed by atoms with van der Waals surface area (Å²) in [6, 6.07) is 8.16. The summed E-state index contributed by atoms with van der Waals surface area (Å²) in [7, 11) is -3.14. The van der Waals surface area contributed by atoms with E-state index in [1.807, 2.05) is 18.2 Å². The van der Waals surface area contributed by atoms with Crippen molar-refractivity contribution in [1.29, 1.82) is 0 Å². The molecule has 3 aromatic heterocycles. The number of imidazole rings is 1. The second kappa shape index (κ2) is 9.10. The van der Waals surface area contributed by atoms with Gasteiger partial charge >= 0.3 is 0 Å². The molecule has 0 unspecified atom stereocenters. The number of piperazine rings is 1. The lowest BCUT2D eigenvalue weighted by Crippen LogP contribution is -2.47. The highest BCUT2D eigenvalue weighted by atomic mass is 32.2. The molecule has 0 saturated carbocycles. The fraction of sp³-hybridized carbons (Fsp3) is 0.435.